The minimum absolute atomic E-state index is 0. The zero-order valence-electron chi connectivity index (χ0n) is 12.7. The summed E-state index contributed by atoms with van der Waals surface area (Å²) in [6.07, 6.45) is 1.50. The summed E-state index contributed by atoms with van der Waals surface area (Å²) in [5.74, 6) is -0.354. The van der Waals surface area contributed by atoms with E-state index in [0.29, 0.717) is 22.2 Å². The van der Waals surface area contributed by atoms with Crippen molar-refractivity contribution in [1.82, 2.24) is 4.98 Å². The molecule has 0 saturated carbocycles. The van der Waals surface area contributed by atoms with Crippen molar-refractivity contribution in [3.8, 4) is 6.07 Å². The first-order valence-electron chi connectivity index (χ1n) is 6.91. The Labute approximate surface area is 140 Å². The first-order chi connectivity index (χ1) is 10.6. The third kappa shape index (κ3) is 3.25. The fraction of sp³-hybridized carbons (Fsp3) is 0.111. The lowest BCUT2D eigenvalue weighted by Gasteiger charge is -2.12. The van der Waals surface area contributed by atoms with Gasteiger partial charge < -0.3 is 5.32 Å². The zero-order chi connectivity index (χ0) is 15.7. The summed E-state index contributed by atoms with van der Waals surface area (Å²) in [4.78, 5) is 4.20. The Morgan fingerprint density at radius 1 is 1.09 bits per heavy atom. The molecule has 3 nitrogen and oxygen atoms in total. The Morgan fingerprint density at radius 3 is 2.57 bits per heavy atom. The molecule has 0 aliphatic carbocycles. The summed E-state index contributed by atoms with van der Waals surface area (Å²) in [6, 6.07) is 12.4. The largest absolute Gasteiger partial charge is 0.354 e. The molecule has 2 aromatic carbocycles. The van der Waals surface area contributed by atoms with Crippen LogP contribution in [0.1, 0.15) is 16.7 Å². The summed E-state index contributed by atoms with van der Waals surface area (Å²) in [6.45, 7) is 4.06. The van der Waals surface area contributed by atoms with Gasteiger partial charge in [-0.05, 0) is 55.3 Å². The molecular formula is C18H15ClFN3. The van der Waals surface area contributed by atoms with E-state index in [1.165, 1.54) is 23.9 Å². The quantitative estimate of drug-likeness (QED) is 0.718. The predicted molar refractivity (Wildman–Crippen MR) is 92.9 cm³/mol. The molecule has 5 heteroatoms. The number of nitrogens with zero attached hydrogens (tertiary/aromatic N) is 2. The highest BCUT2D eigenvalue weighted by Crippen LogP contribution is 2.29. The van der Waals surface area contributed by atoms with E-state index in [9.17, 15) is 9.65 Å². The standard InChI is InChI=1S/C18H14FN3.ClH/c1-11-3-5-15(7-12(11)2)22-18-13(9-20)10-21-17-6-4-14(19)8-16(17)18;/h3-8,10H,1-2H3,(H,21,22);1H. The second-order valence-corrected chi connectivity index (χ2v) is 5.24. The number of hydrogen-bond acceptors (Lipinski definition) is 3. The van der Waals surface area contributed by atoms with E-state index in [0.717, 1.165) is 11.3 Å². The fourth-order valence-corrected chi connectivity index (χ4v) is 2.35. The maximum absolute atomic E-state index is 13.6. The number of nitrogens with one attached hydrogen (secondary N) is 1. The molecule has 0 aliphatic heterocycles. The molecule has 23 heavy (non-hydrogen) atoms. The lowest BCUT2D eigenvalue weighted by atomic mass is 10.1. The van der Waals surface area contributed by atoms with Crippen LogP contribution in [0.5, 0.6) is 0 Å². The minimum atomic E-state index is -0.354. The molecule has 0 saturated heterocycles. The number of rotatable bonds is 2. The van der Waals surface area contributed by atoms with E-state index < -0.39 is 0 Å². The van der Waals surface area contributed by atoms with Crippen LogP contribution >= 0.6 is 12.4 Å². The van der Waals surface area contributed by atoms with Gasteiger partial charge in [0.2, 0.25) is 0 Å². The van der Waals surface area contributed by atoms with E-state index in [2.05, 4.69) is 16.4 Å². The SMILES string of the molecule is Cc1ccc(Nc2c(C#N)cnc3ccc(F)cc23)cc1C.Cl. The normalized spacial score (nSPS) is 10.0. The molecule has 0 aliphatic rings. The topological polar surface area (TPSA) is 48.7 Å². The van der Waals surface area contributed by atoms with Crippen LogP contribution in [0.4, 0.5) is 15.8 Å². The highest BCUT2D eigenvalue weighted by Gasteiger charge is 2.10. The molecule has 1 heterocycles. The molecule has 0 atom stereocenters. The van der Waals surface area contributed by atoms with Crippen LogP contribution in [-0.4, -0.2) is 4.98 Å². The van der Waals surface area contributed by atoms with Crippen LogP contribution < -0.4 is 5.32 Å². The molecule has 0 amide bonds. The summed E-state index contributed by atoms with van der Waals surface area (Å²) >= 11 is 0. The lowest BCUT2D eigenvalue weighted by Crippen LogP contribution is -1.98. The maximum Gasteiger partial charge on any atom is 0.124 e. The van der Waals surface area contributed by atoms with Gasteiger partial charge in [0.15, 0.2) is 0 Å². The lowest BCUT2D eigenvalue weighted by molar-refractivity contribution is 0.629. The average molecular weight is 328 g/mol. The summed E-state index contributed by atoms with van der Waals surface area (Å²) < 4.78 is 13.6. The zero-order valence-corrected chi connectivity index (χ0v) is 13.5. The van der Waals surface area contributed by atoms with Crippen molar-refractivity contribution < 1.29 is 4.39 Å². The number of aromatic nitrogens is 1. The van der Waals surface area contributed by atoms with Gasteiger partial charge in [-0.15, -0.1) is 12.4 Å². The molecule has 0 unspecified atom stereocenters. The third-order valence-corrected chi connectivity index (χ3v) is 3.73. The van der Waals surface area contributed by atoms with E-state index in [4.69, 9.17) is 0 Å². The van der Waals surface area contributed by atoms with E-state index in [1.807, 2.05) is 32.0 Å². The minimum Gasteiger partial charge on any atom is -0.354 e. The molecule has 0 spiro atoms. The molecule has 3 rings (SSSR count). The smallest absolute Gasteiger partial charge is 0.124 e. The van der Waals surface area contributed by atoms with E-state index in [-0.39, 0.29) is 18.2 Å². The third-order valence-electron chi connectivity index (χ3n) is 3.73. The first-order valence-corrected chi connectivity index (χ1v) is 6.91. The summed E-state index contributed by atoms with van der Waals surface area (Å²) in [7, 11) is 0. The van der Waals surface area contributed by atoms with Gasteiger partial charge in [0.1, 0.15) is 11.9 Å². The molecule has 0 radical (unpaired) electrons. The molecular weight excluding hydrogens is 313 g/mol. The van der Waals surface area contributed by atoms with Gasteiger partial charge in [-0.1, -0.05) is 6.07 Å². The second kappa shape index (κ2) is 6.64. The molecule has 3 aromatic rings. The van der Waals surface area contributed by atoms with Crippen LogP contribution in [0.2, 0.25) is 0 Å². The first kappa shape index (κ1) is 16.7. The van der Waals surface area contributed by atoms with Crippen molar-refractivity contribution in [2.24, 2.45) is 0 Å². The van der Waals surface area contributed by atoms with Crippen LogP contribution in [0.25, 0.3) is 10.9 Å². The van der Waals surface area contributed by atoms with Gasteiger partial charge in [-0.25, -0.2) is 4.39 Å². The van der Waals surface area contributed by atoms with Gasteiger partial charge in [-0.3, -0.25) is 4.98 Å². The summed E-state index contributed by atoms with van der Waals surface area (Å²) in [5, 5.41) is 13.1. The van der Waals surface area contributed by atoms with Crippen molar-refractivity contribution in [1.29, 1.82) is 5.26 Å². The Hall–Kier alpha value is -2.64. The van der Waals surface area contributed by atoms with Crippen molar-refractivity contribution in [3.63, 3.8) is 0 Å². The van der Waals surface area contributed by atoms with Crippen molar-refractivity contribution >= 4 is 34.7 Å². The van der Waals surface area contributed by atoms with Crippen molar-refractivity contribution in [3.05, 3.63) is 65.1 Å². The van der Waals surface area contributed by atoms with Gasteiger partial charge in [-0.2, -0.15) is 5.26 Å². The van der Waals surface area contributed by atoms with Crippen LogP contribution in [0.3, 0.4) is 0 Å². The Balaban J connectivity index is 0.00000192. The molecule has 0 fully saturated rings. The number of nitriles is 1. The van der Waals surface area contributed by atoms with Gasteiger partial charge >= 0.3 is 0 Å². The number of anilines is 2. The van der Waals surface area contributed by atoms with Gasteiger partial charge in [0.05, 0.1) is 16.8 Å². The van der Waals surface area contributed by atoms with E-state index in [1.54, 1.807) is 6.07 Å². The molecule has 116 valence electrons. The molecule has 1 aromatic heterocycles. The average Bonchev–Trinajstić information content (AvgIpc) is 2.51. The number of aryl methyl sites for hydroxylation is 2. The van der Waals surface area contributed by atoms with Gasteiger partial charge in [0, 0.05) is 17.3 Å². The van der Waals surface area contributed by atoms with Crippen molar-refractivity contribution in [2.45, 2.75) is 13.8 Å². The molecule has 1 N–H and O–H groups in total. The predicted octanol–water partition coefficient (Wildman–Crippen LogP) is 5.03. The Morgan fingerprint density at radius 2 is 1.87 bits per heavy atom. The highest BCUT2D eigenvalue weighted by molar-refractivity contribution is 5.95. The van der Waals surface area contributed by atoms with E-state index >= 15 is 0 Å². The summed E-state index contributed by atoms with van der Waals surface area (Å²) in [5.41, 5.74) is 4.81. The number of hydrogen-bond donors (Lipinski definition) is 1. The van der Waals surface area contributed by atoms with Crippen LogP contribution in [0, 0.1) is 31.0 Å². The maximum atomic E-state index is 13.6. The number of benzene rings is 2. The number of pyridine rings is 1. The Kier molecular flexibility index (Phi) is 4.83. The monoisotopic (exact) mass is 327 g/mol. The number of fused-ring (bicyclic) bond motifs is 1. The second-order valence-electron chi connectivity index (χ2n) is 5.24. The molecule has 0 bridgehead atoms. The number of halogens is 2. The van der Waals surface area contributed by atoms with Crippen LogP contribution in [-0.2, 0) is 0 Å². The van der Waals surface area contributed by atoms with Gasteiger partial charge in [0.25, 0.3) is 0 Å². The van der Waals surface area contributed by atoms with Crippen LogP contribution in [0.15, 0.2) is 42.6 Å². The fourth-order valence-electron chi connectivity index (χ4n) is 2.35. The Bertz CT molecular complexity index is 916. The highest BCUT2D eigenvalue weighted by atomic mass is 35.5. The van der Waals surface area contributed by atoms with Crippen molar-refractivity contribution in [2.75, 3.05) is 5.32 Å².